The molecule has 1 heterocycles. The highest BCUT2D eigenvalue weighted by Crippen LogP contribution is 2.13. The highest BCUT2D eigenvalue weighted by molar-refractivity contribution is 5.67. The number of hydrogen-bond acceptors (Lipinski definition) is 4. The summed E-state index contributed by atoms with van der Waals surface area (Å²) in [6, 6.07) is 8.10. The highest BCUT2D eigenvalue weighted by Gasteiger charge is 2.17. The maximum absolute atomic E-state index is 11.8. The Labute approximate surface area is 138 Å². The molecule has 2 N–H and O–H groups in total. The number of hydrogen-bond donors (Lipinski definition) is 2. The Morgan fingerprint density at radius 1 is 1.26 bits per heavy atom. The van der Waals surface area contributed by atoms with Gasteiger partial charge in [0.2, 0.25) is 0 Å². The standard InChI is InChI=1S/C18H28N2O3/c1-18(2,3)23-17(21)20-12-15-8-5-4-7-14(15)11-19-13-16-9-6-10-22-16/h4-5,7-8,16,19H,6,9-13H2,1-3H3,(H,20,21). The molecule has 5 nitrogen and oxygen atoms in total. The van der Waals surface area contributed by atoms with Crippen LogP contribution in [0.4, 0.5) is 4.79 Å². The molecule has 1 aliphatic rings. The van der Waals surface area contributed by atoms with Gasteiger partial charge in [-0.3, -0.25) is 0 Å². The van der Waals surface area contributed by atoms with E-state index in [1.54, 1.807) is 0 Å². The van der Waals surface area contributed by atoms with Crippen molar-refractivity contribution in [3.8, 4) is 0 Å². The van der Waals surface area contributed by atoms with Crippen LogP contribution in [-0.2, 0) is 22.6 Å². The van der Waals surface area contributed by atoms with Crippen LogP contribution in [0.2, 0.25) is 0 Å². The zero-order valence-corrected chi connectivity index (χ0v) is 14.4. The molecule has 2 rings (SSSR count). The smallest absolute Gasteiger partial charge is 0.407 e. The van der Waals surface area contributed by atoms with Crippen LogP contribution in [0.25, 0.3) is 0 Å². The molecule has 1 aliphatic heterocycles. The number of amides is 1. The molecular formula is C18H28N2O3. The summed E-state index contributed by atoms with van der Waals surface area (Å²) in [5.41, 5.74) is 1.80. The third-order valence-corrected chi connectivity index (χ3v) is 3.65. The first kappa shape index (κ1) is 17.8. The second-order valence-corrected chi connectivity index (χ2v) is 6.89. The molecular weight excluding hydrogens is 292 g/mol. The zero-order valence-electron chi connectivity index (χ0n) is 14.4. The fraction of sp³-hybridized carbons (Fsp3) is 0.611. The van der Waals surface area contributed by atoms with Crippen molar-refractivity contribution in [1.82, 2.24) is 10.6 Å². The zero-order chi connectivity index (χ0) is 16.7. The lowest BCUT2D eigenvalue weighted by Crippen LogP contribution is -2.32. The Bertz CT molecular complexity index is 505. The van der Waals surface area contributed by atoms with Gasteiger partial charge in [0, 0.05) is 26.2 Å². The molecule has 23 heavy (non-hydrogen) atoms. The molecule has 1 saturated heterocycles. The number of rotatable bonds is 6. The van der Waals surface area contributed by atoms with Crippen LogP contribution >= 0.6 is 0 Å². The molecule has 0 radical (unpaired) electrons. The molecule has 1 fully saturated rings. The van der Waals surface area contributed by atoms with E-state index in [1.165, 1.54) is 5.56 Å². The lowest BCUT2D eigenvalue weighted by Gasteiger charge is -2.20. The molecule has 0 spiro atoms. The number of nitrogens with one attached hydrogen (secondary N) is 2. The van der Waals surface area contributed by atoms with Crippen molar-refractivity contribution in [2.24, 2.45) is 0 Å². The van der Waals surface area contributed by atoms with Crippen molar-refractivity contribution in [3.63, 3.8) is 0 Å². The van der Waals surface area contributed by atoms with Crippen LogP contribution in [0.3, 0.4) is 0 Å². The Morgan fingerprint density at radius 3 is 2.57 bits per heavy atom. The first-order valence-corrected chi connectivity index (χ1v) is 8.30. The third kappa shape index (κ3) is 6.59. The van der Waals surface area contributed by atoms with Gasteiger partial charge >= 0.3 is 6.09 Å². The van der Waals surface area contributed by atoms with E-state index >= 15 is 0 Å². The summed E-state index contributed by atoms with van der Waals surface area (Å²) in [5, 5.41) is 6.25. The lowest BCUT2D eigenvalue weighted by atomic mass is 10.1. The lowest BCUT2D eigenvalue weighted by molar-refractivity contribution is 0.0523. The Balaban J connectivity index is 1.80. The first-order chi connectivity index (χ1) is 10.9. The summed E-state index contributed by atoms with van der Waals surface area (Å²) in [7, 11) is 0. The number of carbonyl (C=O) groups excluding carboxylic acids is 1. The number of benzene rings is 1. The average Bonchev–Trinajstić information content (AvgIpc) is 2.98. The SMILES string of the molecule is CC(C)(C)OC(=O)NCc1ccccc1CNCC1CCCO1. The maximum atomic E-state index is 11.8. The van der Waals surface area contributed by atoms with Gasteiger partial charge in [0.25, 0.3) is 0 Å². The molecule has 5 heteroatoms. The highest BCUT2D eigenvalue weighted by atomic mass is 16.6. The van der Waals surface area contributed by atoms with E-state index in [-0.39, 0.29) is 6.09 Å². The van der Waals surface area contributed by atoms with Crippen molar-refractivity contribution in [1.29, 1.82) is 0 Å². The van der Waals surface area contributed by atoms with Gasteiger partial charge in [-0.1, -0.05) is 24.3 Å². The molecule has 1 aromatic rings. The maximum Gasteiger partial charge on any atom is 0.407 e. The Hall–Kier alpha value is -1.59. The summed E-state index contributed by atoms with van der Waals surface area (Å²) in [6.07, 6.45) is 2.24. The molecule has 1 unspecified atom stereocenters. The van der Waals surface area contributed by atoms with Gasteiger partial charge in [0.15, 0.2) is 0 Å². The van der Waals surface area contributed by atoms with Gasteiger partial charge in [0.1, 0.15) is 5.60 Å². The van der Waals surface area contributed by atoms with Crippen molar-refractivity contribution in [2.45, 2.75) is 58.4 Å². The van der Waals surface area contributed by atoms with Crippen molar-refractivity contribution < 1.29 is 14.3 Å². The predicted octanol–water partition coefficient (Wildman–Crippen LogP) is 2.98. The average molecular weight is 320 g/mol. The van der Waals surface area contributed by atoms with Gasteiger partial charge in [-0.15, -0.1) is 0 Å². The second kappa shape index (κ2) is 8.31. The van der Waals surface area contributed by atoms with Crippen molar-refractivity contribution >= 4 is 6.09 Å². The summed E-state index contributed by atoms with van der Waals surface area (Å²) in [5.74, 6) is 0. The minimum atomic E-state index is -0.480. The molecule has 0 aromatic heterocycles. The molecule has 0 saturated carbocycles. The van der Waals surface area contributed by atoms with Crippen LogP contribution in [0.5, 0.6) is 0 Å². The molecule has 0 bridgehead atoms. The van der Waals surface area contributed by atoms with Gasteiger partial charge in [-0.05, 0) is 44.7 Å². The Kier molecular flexibility index (Phi) is 6.42. The minimum Gasteiger partial charge on any atom is -0.444 e. The van der Waals surface area contributed by atoms with E-state index in [9.17, 15) is 4.79 Å². The van der Waals surface area contributed by atoms with Crippen LogP contribution in [0.15, 0.2) is 24.3 Å². The number of alkyl carbamates (subject to hydrolysis) is 1. The monoisotopic (exact) mass is 320 g/mol. The Morgan fingerprint density at radius 2 is 1.96 bits per heavy atom. The van der Waals surface area contributed by atoms with Crippen LogP contribution < -0.4 is 10.6 Å². The van der Waals surface area contributed by atoms with E-state index in [0.717, 1.165) is 38.1 Å². The fourth-order valence-electron chi connectivity index (χ4n) is 2.56. The number of carbonyl (C=O) groups is 1. The fourth-order valence-corrected chi connectivity index (χ4v) is 2.56. The van der Waals surface area contributed by atoms with Crippen LogP contribution in [-0.4, -0.2) is 30.9 Å². The van der Waals surface area contributed by atoms with E-state index in [2.05, 4.69) is 16.7 Å². The van der Waals surface area contributed by atoms with Gasteiger partial charge in [0.05, 0.1) is 6.10 Å². The van der Waals surface area contributed by atoms with Gasteiger partial charge < -0.3 is 20.1 Å². The molecule has 1 amide bonds. The predicted molar refractivity (Wildman–Crippen MR) is 90.2 cm³/mol. The number of ether oxygens (including phenoxy) is 2. The normalized spacial score (nSPS) is 18.0. The topological polar surface area (TPSA) is 59.6 Å². The minimum absolute atomic E-state index is 0.335. The van der Waals surface area contributed by atoms with E-state index < -0.39 is 5.60 Å². The summed E-state index contributed by atoms with van der Waals surface area (Å²) < 4.78 is 10.9. The summed E-state index contributed by atoms with van der Waals surface area (Å²) in [4.78, 5) is 11.8. The van der Waals surface area contributed by atoms with Crippen LogP contribution in [0, 0.1) is 0 Å². The molecule has 0 aliphatic carbocycles. The van der Waals surface area contributed by atoms with E-state index in [1.807, 2.05) is 39.0 Å². The summed E-state index contributed by atoms with van der Waals surface area (Å²) >= 11 is 0. The first-order valence-electron chi connectivity index (χ1n) is 8.30. The van der Waals surface area contributed by atoms with E-state index in [0.29, 0.717) is 12.6 Å². The largest absolute Gasteiger partial charge is 0.444 e. The molecule has 1 aromatic carbocycles. The molecule has 128 valence electrons. The molecule has 1 atom stereocenters. The van der Waals surface area contributed by atoms with Crippen molar-refractivity contribution in [3.05, 3.63) is 35.4 Å². The second-order valence-electron chi connectivity index (χ2n) is 6.89. The van der Waals surface area contributed by atoms with Crippen molar-refractivity contribution in [2.75, 3.05) is 13.2 Å². The third-order valence-electron chi connectivity index (χ3n) is 3.65. The van der Waals surface area contributed by atoms with E-state index in [4.69, 9.17) is 9.47 Å². The quantitative estimate of drug-likeness (QED) is 0.846. The summed E-state index contributed by atoms with van der Waals surface area (Å²) in [6.45, 7) is 8.55. The van der Waals surface area contributed by atoms with Crippen LogP contribution in [0.1, 0.15) is 44.7 Å². The van der Waals surface area contributed by atoms with Gasteiger partial charge in [-0.2, -0.15) is 0 Å². The van der Waals surface area contributed by atoms with Gasteiger partial charge in [-0.25, -0.2) is 4.79 Å².